The quantitative estimate of drug-likeness (QED) is 0.727. The molecule has 0 bridgehead atoms. The minimum absolute atomic E-state index is 0.484. The molecular formula is C9H7N2O. The van der Waals surface area contributed by atoms with Gasteiger partial charge in [0.2, 0.25) is 0 Å². The summed E-state index contributed by atoms with van der Waals surface area (Å²) >= 11 is 0. The molecule has 0 aliphatic heterocycles. The molecule has 12 heavy (non-hydrogen) atoms. The second kappa shape index (κ2) is 3.09. The lowest BCUT2D eigenvalue weighted by Gasteiger charge is -1.98. The molecule has 59 valence electrons. The van der Waals surface area contributed by atoms with Crippen molar-refractivity contribution in [3.8, 4) is 11.8 Å². The van der Waals surface area contributed by atoms with Gasteiger partial charge in [0.05, 0.1) is 0 Å². The molecule has 0 saturated carbocycles. The summed E-state index contributed by atoms with van der Waals surface area (Å²) in [6.45, 7) is 0. The van der Waals surface area contributed by atoms with Crippen LogP contribution in [0.25, 0.3) is 0 Å². The zero-order chi connectivity index (χ0) is 8.23. The lowest BCUT2D eigenvalue weighted by atomic mass is 10.3. The number of benzene rings is 1. The van der Waals surface area contributed by atoms with Gasteiger partial charge in [-0.05, 0) is 6.07 Å². The third kappa shape index (κ3) is 1.45. The van der Waals surface area contributed by atoms with Crippen molar-refractivity contribution in [2.45, 2.75) is 0 Å². The van der Waals surface area contributed by atoms with Crippen LogP contribution >= 0.6 is 0 Å². The number of H-pyrrole nitrogens is 1. The summed E-state index contributed by atoms with van der Waals surface area (Å²) in [4.78, 5) is 6.75. The maximum Gasteiger partial charge on any atom is 0.299 e. The third-order valence-electron chi connectivity index (χ3n) is 1.36. The Bertz CT molecular complexity index is 329. The SMILES string of the molecule is [c]1ccccc1Oc1ncc[nH]1. The van der Waals surface area contributed by atoms with E-state index in [1.54, 1.807) is 18.5 Å². The van der Waals surface area contributed by atoms with Gasteiger partial charge in [0.1, 0.15) is 5.75 Å². The van der Waals surface area contributed by atoms with Crippen LogP contribution in [0.1, 0.15) is 0 Å². The Labute approximate surface area is 70.0 Å². The van der Waals surface area contributed by atoms with Crippen LogP contribution < -0.4 is 4.74 Å². The smallest absolute Gasteiger partial charge is 0.299 e. The number of nitrogens with zero attached hydrogens (tertiary/aromatic N) is 1. The van der Waals surface area contributed by atoms with Crippen LogP contribution in [0.2, 0.25) is 0 Å². The molecule has 0 aliphatic carbocycles. The zero-order valence-electron chi connectivity index (χ0n) is 6.32. The van der Waals surface area contributed by atoms with Gasteiger partial charge in [-0.1, -0.05) is 18.2 Å². The van der Waals surface area contributed by atoms with Crippen molar-refractivity contribution in [2.75, 3.05) is 0 Å². The Morgan fingerprint density at radius 3 is 3.08 bits per heavy atom. The zero-order valence-corrected chi connectivity index (χ0v) is 6.32. The van der Waals surface area contributed by atoms with E-state index in [-0.39, 0.29) is 0 Å². The van der Waals surface area contributed by atoms with Crippen LogP contribution in [-0.4, -0.2) is 9.97 Å². The van der Waals surface area contributed by atoms with Crippen molar-refractivity contribution < 1.29 is 4.74 Å². The molecule has 0 unspecified atom stereocenters. The highest BCUT2D eigenvalue weighted by Gasteiger charge is 1.95. The molecule has 2 aromatic rings. The van der Waals surface area contributed by atoms with Crippen molar-refractivity contribution >= 4 is 0 Å². The Kier molecular flexibility index (Phi) is 1.78. The number of aromatic amines is 1. The third-order valence-corrected chi connectivity index (χ3v) is 1.36. The predicted molar refractivity (Wildman–Crippen MR) is 43.9 cm³/mol. The van der Waals surface area contributed by atoms with Crippen LogP contribution in [0.15, 0.2) is 36.7 Å². The summed E-state index contributed by atoms with van der Waals surface area (Å²) < 4.78 is 5.30. The largest absolute Gasteiger partial charge is 0.425 e. The standard InChI is InChI=1S/C9H7N2O/c1-2-4-8(5-3-1)12-9-10-6-7-11-9/h1-4,6-7H,(H,10,11). The number of imidazole rings is 1. The Balaban J connectivity index is 2.15. The number of hydrogen-bond acceptors (Lipinski definition) is 2. The van der Waals surface area contributed by atoms with E-state index in [0.717, 1.165) is 0 Å². The van der Waals surface area contributed by atoms with E-state index in [2.05, 4.69) is 16.0 Å². The van der Waals surface area contributed by atoms with Gasteiger partial charge in [0.25, 0.3) is 6.01 Å². The highest BCUT2D eigenvalue weighted by Crippen LogP contribution is 2.14. The van der Waals surface area contributed by atoms with Crippen molar-refractivity contribution in [1.82, 2.24) is 9.97 Å². The molecule has 0 amide bonds. The summed E-state index contributed by atoms with van der Waals surface area (Å²) in [6, 6.07) is 10.8. The topological polar surface area (TPSA) is 37.9 Å². The van der Waals surface area contributed by atoms with Crippen molar-refractivity contribution in [3.63, 3.8) is 0 Å². The number of rotatable bonds is 2. The number of aromatic nitrogens is 2. The van der Waals surface area contributed by atoms with Crippen molar-refractivity contribution in [1.29, 1.82) is 0 Å². The highest BCUT2D eigenvalue weighted by atomic mass is 16.5. The first-order valence-corrected chi connectivity index (χ1v) is 3.59. The minimum atomic E-state index is 0.484. The fraction of sp³-hybridized carbons (Fsp3) is 0. The molecule has 2 rings (SSSR count). The van der Waals surface area contributed by atoms with E-state index in [4.69, 9.17) is 4.74 Å². The molecule has 1 N–H and O–H groups in total. The van der Waals surface area contributed by atoms with Gasteiger partial charge in [-0.2, -0.15) is 0 Å². The molecule has 1 heterocycles. The van der Waals surface area contributed by atoms with Crippen LogP contribution in [0.3, 0.4) is 0 Å². The maximum absolute atomic E-state index is 5.30. The monoisotopic (exact) mass is 159 g/mol. The summed E-state index contributed by atoms with van der Waals surface area (Å²) in [5, 5.41) is 0. The molecule has 0 fully saturated rings. The maximum atomic E-state index is 5.30. The van der Waals surface area contributed by atoms with E-state index in [1.165, 1.54) is 0 Å². The van der Waals surface area contributed by atoms with Crippen LogP contribution in [0.5, 0.6) is 11.8 Å². The molecule has 3 heteroatoms. The first-order chi connectivity index (χ1) is 5.95. The number of hydrogen-bond donors (Lipinski definition) is 1. The average Bonchev–Trinajstić information content (AvgIpc) is 2.59. The number of para-hydroxylation sites is 1. The molecule has 1 aromatic heterocycles. The molecule has 0 aliphatic rings. The van der Waals surface area contributed by atoms with Gasteiger partial charge < -0.3 is 9.72 Å². The van der Waals surface area contributed by atoms with E-state index in [0.29, 0.717) is 11.8 Å². The van der Waals surface area contributed by atoms with Crippen molar-refractivity contribution in [3.05, 3.63) is 42.7 Å². The van der Waals surface area contributed by atoms with Gasteiger partial charge in [-0.25, -0.2) is 4.98 Å². The van der Waals surface area contributed by atoms with E-state index in [9.17, 15) is 0 Å². The second-order valence-electron chi connectivity index (χ2n) is 2.22. The average molecular weight is 159 g/mol. The fourth-order valence-electron chi connectivity index (χ4n) is 0.851. The number of ether oxygens (including phenoxy) is 1. The van der Waals surface area contributed by atoms with Gasteiger partial charge in [0, 0.05) is 18.5 Å². The first kappa shape index (κ1) is 6.91. The molecule has 0 atom stereocenters. The summed E-state index contributed by atoms with van der Waals surface area (Å²) in [5.74, 6) is 0.660. The second-order valence-corrected chi connectivity index (χ2v) is 2.22. The van der Waals surface area contributed by atoms with E-state index >= 15 is 0 Å². The van der Waals surface area contributed by atoms with E-state index in [1.807, 2.05) is 18.2 Å². The summed E-state index contributed by atoms with van der Waals surface area (Å²) in [5.41, 5.74) is 0. The minimum Gasteiger partial charge on any atom is -0.425 e. The Morgan fingerprint density at radius 1 is 1.42 bits per heavy atom. The van der Waals surface area contributed by atoms with Crippen LogP contribution in [0.4, 0.5) is 0 Å². The Hall–Kier alpha value is -1.77. The summed E-state index contributed by atoms with van der Waals surface area (Å²) in [7, 11) is 0. The molecule has 0 spiro atoms. The van der Waals surface area contributed by atoms with Gasteiger partial charge in [-0.15, -0.1) is 0 Å². The lowest BCUT2D eigenvalue weighted by Crippen LogP contribution is -1.84. The Morgan fingerprint density at radius 2 is 2.42 bits per heavy atom. The van der Waals surface area contributed by atoms with Crippen LogP contribution in [-0.2, 0) is 0 Å². The molecule has 3 nitrogen and oxygen atoms in total. The van der Waals surface area contributed by atoms with Gasteiger partial charge in [0.15, 0.2) is 0 Å². The van der Waals surface area contributed by atoms with Crippen LogP contribution in [0, 0.1) is 6.07 Å². The van der Waals surface area contributed by atoms with Gasteiger partial charge in [-0.3, -0.25) is 0 Å². The lowest BCUT2D eigenvalue weighted by molar-refractivity contribution is 0.446. The highest BCUT2D eigenvalue weighted by molar-refractivity contribution is 5.22. The molecule has 1 radical (unpaired) electrons. The first-order valence-electron chi connectivity index (χ1n) is 3.59. The van der Waals surface area contributed by atoms with Crippen molar-refractivity contribution in [2.24, 2.45) is 0 Å². The molecule has 0 saturated heterocycles. The summed E-state index contributed by atoms with van der Waals surface area (Å²) in [6.07, 6.45) is 3.34. The van der Waals surface area contributed by atoms with Gasteiger partial charge >= 0.3 is 0 Å². The predicted octanol–water partition coefficient (Wildman–Crippen LogP) is 2.00. The van der Waals surface area contributed by atoms with E-state index < -0.39 is 0 Å². The number of nitrogens with one attached hydrogen (secondary N) is 1. The molecule has 1 aromatic carbocycles. The fourth-order valence-corrected chi connectivity index (χ4v) is 0.851. The normalized spacial score (nSPS) is 9.67. The molecular weight excluding hydrogens is 152 g/mol.